The van der Waals surface area contributed by atoms with Crippen molar-refractivity contribution in [3.05, 3.63) is 59.7 Å². The molecule has 0 aromatic heterocycles. The Morgan fingerprint density at radius 2 is 1.72 bits per heavy atom. The molecule has 0 radical (unpaired) electrons. The Morgan fingerprint density at radius 3 is 2.36 bits per heavy atom. The van der Waals surface area contributed by atoms with Crippen LogP contribution in [0.15, 0.2) is 48.5 Å². The van der Waals surface area contributed by atoms with Crippen LogP contribution in [-0.4, -0.2) is 11.8 Å². The molecule has 0 atom stereocenters. The number of carbonyl (C=O) groups excluding carboxylic acids is 2. The van der Waals surface area contributed by atoms with Crippen molar-refractivity contribution in [3.8, 4) is 6.07 Å². The Kier molecular flexibility index (Phi) is 5.10. The molecular weight excluding hydrogens is 314 g/mol. The molecule has 2 amide bonds. The molecule has 1 fully saturated rings. The molecule has 0 saturated heterocycles. The van der Waals surface area contributed by atoms with Crippen LogP contribution in [0.3, 0.4) is 0 Å². The number of rotatable bonds is 6. The fourth-order valence-electron chi connectivity index (χ4n) is 2.49. The van der Waals surface area contributed by atoms with Gasteiger partial charge in [-0.1, -0.05) is 18.2 Å². The molecule has 0 bridgehead atoms. The van der Waals surface area contributed by atoms with Crippen molar-refractivity contribution in [2.24, 2.45) is 5.92 Å². The van der Waals surface area contributed by atoms with Crippen LogP contribution in [0, 0.1) is 17.2 Å². The van der Waals surface area contributed by atoms with Crippen molar-refractivity contribution in [2.75, 3.05) is 10.6 Å². The summed E-state index contributed by atoms with van der Waals surface area (Å²) in [6.45, 7) is 0. The maximum atomic E-state index is 12.1. The Morgan fingerprint density at radius 1 is 1.04 bits per heavy atom. The highest BCUT2D eigenvalue weighted by molar-refractivity contribution is 5.96. The second-order valence-electron chi connectivity index (χ2n) is 6.20. The van der Waals surface area contributed by atoms with E-state index < -0.39 is 0 Å². The fraction of sp³-hybridized carbons (Fsp3) is 0.250. The highest BCUT2D eigenvalue weighted by Crippen LogP contribution is 2.30. The predicted octanol–water partition coefficient (Wildman–Crippen LogP) is 3.48. The van der Waals surface area contributed by atoms with Gasteiger partial charge in [0, 0.05) is 23.7 Å². The number of aryl methyl sites for hydroxylation is 1. The minimum absolute atomic E-state index is 0.0456. The number of hydrogen-bond donors (Lipinski definition) is 2. The molecular formula is C20H19N3O2. The van der Waals surface area contributed by atoms with E-state index in [1.807, 2.05) is 18.2 Å². The van der Waals surface area contributed by atoms with Crippen molar-refractivity contribution in [1.82, 2.24) is 0 Å². The lowest BCUT2D eigenvalue weighted by Crippen LogP contribution is -2.15. The standard InChI is InChI=1S/C20H19N3O2/c21-13-15-6-4-14(5-7-15)8-11-19(24)22-17-2-1-3-18(12-17)23-20(25)16-9-10-16/h1-7,12,16H,8-11H2,(H,22,24)(H,23,25). The van der Waals surface area contributed by atoms with Crippen LogP contribution in [0.4, 0.5) is 11.4 Å². The summed E-state index contributed by atoms with van der Waals surface area (Å²) >= 11 is 0. The third-order valence-electron chi connectivity index (χ3n) is 4.09. The van der Waals surface area contributed by atoms with Gasteiger partial charge >= 0.3 is 0 Å². The molecule has 5 heteroatoms. The van der Waals surface area contributed by atoms with Gasteiger partial charge in [-0.2, -0.15) is 5.26 Å². The number of amides is 2. The first-order valence-electron chi connectivity index (χ1n) is 8.34. The summed E-state index contributed by atoms with van der Waals surface area (Å²) in [6, 6.07) is 16.5. The molecule has 2 N–H and O–H groups in total. The molecule has 3 rings (SSSR count). The zero-order chi connectivity index (χ0) is 17.6. The number of benzene rings is 2. The first kappa shape index (κ1) is 16.7. The molecule has 0 heterocycles. The van der Waals surface area contributed by atoms with E-state index in [1.165, 1.54) is 0 Å². The van der Waals surface area contributed by atoms with Crippen molar-refractivity contribution in [3.63, 3.8) is 0 Å². The third-order valence-corrected chi connectivity index (χ3v) is 4.09. The Bertz CT molecular complexity index is 818. The number of anilines is 2. The maximum Gasteiger partial charge on any atom is 0.227 e. The minimum Gasteiger partial charge on any atom is -0.326 e. The summed E-state index contributed by atoms with van der Waals surface area (Å²) in [5.41, 5.74) is 2.98. The molecule has 2 aromatic carbocycles. The number of nitriles is 1. The van der Waals surface area contributed by atoms with Gasteiger partial charge in [-0.05, 0) is 55.2 Å². The van der Waals surface area contributed by atoms with Gasteiger partial charge in [-0.3, -0.25) is 9.59 Å². The largest absolute Gasteiger partial charge is 0.326 e. The first-order chi connectivity index (χ1) is 12.1. The van der Waals surface area contributed by atoms with Crippen LogP contribution >= 0.6 is 0 Å². The van der Waals surface area contributed by atoms with E-state index in [2.05, 4.69) is 16.7 Å². The molecule has 1 aliphatic carbocycles. The molecule has 2 aromatic rings. The predicted molar refractivity (Wildman–Crippen MR) is 95.9 cm³/mol. The molecule has 0 unspecified atom stereocenters. The van der Waals surface area contributed by atoms with Gasteiger partial charge in [-0.15, -0.1) is 0 Å². The highest BCUT2D eigenvalue weighted by atomic mass is 16.2. The van der Waals surface area contributed by atoms with Crippen molar-refractivity contribution < 1.29 is 9.59 Å². The molecule has 5 nitrogen and oxygen atoms in total. The summed E-state index contributed by atoms with van der Waals surface area (Å²) in [7, 11) is 0. The van der Waals surface area contributed by atoms with E-state index >= 15 is 0 Å². The lowest BCUT2D eigenvalue weighted by molar-refractivity contribution is -0.117. The Labute approximate surface area is 146 Å². The summed E-state index contributed by atoms with van der Waals surface area (Å²) < 4.78 is 0. The monoisotopic (exact) mass is 333 g/mol. The zero-order valence-electron chi connectivity index (χ0n) is 13.8. The van der Waals surface area contributed by atoms with Crippen LogP contribution in [0.25, 0.3) is 0 Å². The Balaban J connectivity index is 1.51. The zero-order valence-corrected chi connectivity index (χ0v) is 13.8. The first-order valence-corrected chi connectivity index (χ1v) is 8.34. The van der Waals surface area contributed by atoms with E-state index in [-0.39, 0.29) is 17.7 Å². The van der Waals surface area contributed by atoms with Gasteiger partial charge in [0.25, 0.3) is 0 Å². The second-order valence-corrected chi connectivity index (χ2v) is 6.20. The number of nitrogens with one attached hydrogen (secondary N) is 2. The smallest absolute Gasteiger partial charge is 0.227 e. The average molecular weight is 333 g/mol. The lowest BCUT2D eigenvalue weighted by Gasteiger charge is -2.09. The van der Waals surface area contributed by atoms with Gasteiger partial charge in [0.15, 0.2) is 0 Å². The fourth-order valence-corrected chi connectivity index (χ4v) is 2.49. The Hall–Kier alpha value is -3.13. The van der Waals surface area contributed by atoms with Gasteiger partial charge in [0.05, 0.1) is 11.6 Å². The second kappa shape index (κ2) is 7.63. The summed E-state index contributed by atoms with van der Waals surface area (Å²) in [5, 5.41) is 14.5. The summed E-state index contributed by atoms with van der Waals surface area (Å²) in [6.07, 6.45) is 2.87. The van der Waals surface area contributed by atoms with Crippen LogP contribution in [0.5, 0.6) is 0 Å². The van der Waals surface area contributed by atoms with E-state index in [9.17, 15) is 9.59 Å². The van der Waals surface area contributed by atoms with Gasteiger partial charge in [-0.25, -0.2) is 0 Å². The quantitative estimate of drug-likeness (QED) is 0.849. The third kappa shape index (κ3) is 4.92. The molecule has 1 aliphatic rings. The maximum absolute atomic E-state index is 12.1. The number of hydrogen-bond acceptors (Lipinski definition) is 3. The molecule has 1 saturated carbocycles. The molecule has 126 valence electrons. The minimum atomic E-state index is -0.0879. The van der Waals surface area contributed by atoms with E-state index in [4.69, 9.17) is 5.26 Å². The molecule has 0 spiro atoms. The summed E-state index contributed by atoms with van der Waals surface area (Å²) in [5.74, 6) is 0.102. The van der Waals surface area contributed by atoms with E-state index in [1.54, 1.807) is 30.3 Å². The van der Waals surface area contributed by atoms with E-state index in [0.29, 0.717) is 29.8 Å². The number of carbonyl (C=O) groups is 2. The van der Waals surface area contributed by atoms with Crippen LogP contribution in [0.1, 0.15) is 30.4 Å². The van der Waals surface area contributed by atoms with Crippen LogP contribution < -0.4 is 10.6 Å². The number of nitrogens with zero attached hydrogens (tertiary/aromatic N) is 1. The van der Waals surface area contributed by atoms with Crippen molar-refractivity contribution in [2.45, 2.75) is 25.7 Å². The van der Waals surface area contributed by atoms with Gasteiger partial charge in [0.2, 0.25) is 11.8 Å². The van der Waals surface area contributed by atoms with Crippen molar-refractivity contribution in [1.29, 1.82) is 5.26 Å². The SMILES string of the molecule is N#Cc1ccc(CCC(=O)Nc2cccc(NC(=O)C3CC3)c2)cc1. The molecule has 0 aliphatic heterocycles. The topological polar surface area (TPSA) is 82.0 Å². The van der Waals surface area contributed by atoms with Crippen molar-refractivity contribution >= 4 is 23.2 Å². The van der Waals surface area contributed by atoms with Crippen LogP contribution in [-0.2, 0) is 16.0 Å². The van der Waals surface area contributed by atoms with Crippen LogP contribution in [0.2, 0.25) is 0 Å². The lowest BCUT2D eigenvalue weighted by atomic mass is 10.1. The van der Waals surface area contributed by atoms with E-state index in [0.717, 1.165) is 18.4 Å². The summed E-state index contributed by atoms with van der Waals surface area (Å²) in [4.78, 5) is 23.9. The van der Waals surface area contributed by atoms with Gasteiger partial charge in [0.1, 0.15) is 0 Å². The van der Waals surface area contributed by atoms with Gasteiger partial charge < -0.3 is 10.6 Å². The highest BCUT2D eigenvalue weighted by Gasteiger charge is 2.29. The average Bonchev–Trinajstić information content (AvgIpc) is 3.46. The molecule has 25 heavy (non-hydrogen) atoms. The normalized spacial score (nSPS) is 12.9.